The van der Waals surface area contributed by atoms with Crippen LogP contribution in [0.25, 0.3) is 0 Å². The Labute approximate surface area is 99.8 Å². The molecule has 0 bridgehead atoms. The summed E-state index contributed by atoms with van der Waals surface area (Å²) in [6.07, 6.45) is 0. The SMILES string of the molecule is CNC(=O)N(O)C(C)c1ccc(Cl)c(C)c1. The first-order valence-corrected chi connectivity index (χ1v) is 5.31. The third-order valence-corrected chi connectivity index (χ3v) is 2.88. The van der Waals surface area contributed by atoms with Gasteiger partial charge in [0.05, 0.1) is 6.04 Å². The van der Waals surface area contributed by atoms with Gasteiger partial charge in [-0.3, -0.25) is 5.21 Å². The summed E-state index contributed by atoms with van der Waals surface area (Å²) in [4.78, 5) is 11.2. The molecular formula is C11H15ClN2O2. The number of nitrogens with one attached hydrogen (secondary N) is 1. The summed E-state index contributed by atoms with van der Waals surface area (Å²) in [5, 5.41) is 13.3. The fraction of sp³-hybridized carbons (Fsp3) is 0.364. The third kappa shape index (κ3) is 2.65. The molecule has 1 aromatic carbocycles. The summed E-state index contributed by atoms with van der Waals surface area (Å²) in [7, 11) is 1.46. The topological polar surface area (TPSA) is 52.6 Å². The van der Waals surface area contributed by atoms with Crippen molar-refractivity contribution in [1.82, 2.24) is 10.4 Å². The molecule has 0 saturated heterocycles. The van der Waals surface area contributed by atoms with Crippen LogP contribution in [-0.2, 0) is 0 Å². The summed E-state index contributed by atoms with van der Waals surface area (Å²) in [5.41, 5.74) is 1.74. The van der Waals surface area contributed by atoms with E-state index in [1.807, 2.05) is 13.0 Å². The third-order valence-electron chi connectivity index (χ3n) is 2.45. The Morgan fingerprint density at radius 2 is 2.19 bits per heavy atom. The number of hydroxylamine groups is 2. The molecule has 5 heteroatoms. The smallest absolute Gasteiger partial charge is 0.339 e. The van der Waals surface area contributed by atoms with Crippen LogP contribution in [0.4, 0.5) is 4.79 Å². The molecule has 0 heterocycles. The number of hydrogen-bond donors (Lipinski definition) is 2. The highest BCUT2D eigenvalue weighted by molar-refractivity contribution is 6.31. The molecule has 16 heavy (non-hydrogen) atoms. The van der Waals surface area contributed by atoms with Crippen molar-refractivity contribution >= 4 is 17.6 Å². The molecule has 2 N–H and O–H groups in total. The van der Waals surface area contributed by atoms with Gasteiger partial charge in [-0.2, -0.15) is 5.06 Å². The van der Waals surface area contributed by atoms with E-state index in [9.17, 15) is 10.0 Å². The quantitative estimate of drug-likeness (QED) is 0.619. The summed E-state index contributed by atoms with van der Waals surface area (Å²) < 4.78 is 0. The monoisotopic (exact) mass is 242 g/mol. The van der Waals surface area contributed by atoms with Gasteiger partial charge in [0.1, 0.15) is 0 Å². The minimum Gasteiger partial charge on any atom is -0.339 e. The molecule has 1 aromatic rings. The number of halogens is 1. The van der Waals surface area contributed by atoms with Gasteiger partial charge in [0.2, 0.25) is 0 Å². The molecule has 1 unspecified atom stereocenters. The van der Waals surface area contributed by atoms with E-state index in [4.69, 9.17) is 11.6 Å². The number of amides is 2. The van der Waals surface area contributed by atoms with Crippen LogP contribution in [0.15, 0.2) is 18.2 Å². The van der Waals surface area contributed by atoms with Crippen LogP contribution in [0.3, 0.4) is 0 Å². The Hall–Kier alpha value is -1.26. The summed E-state index contributed by atoms with van der Waals surface area (Å²) in [6.45, 7) is 3.61. The molecule has 0 aromatic heterocycles. The van der Waals surface area contributed by atoms with Gasteiger partial charge in [-0.1, -0.05) is 23.7 Å². The second-order valence-corrected chi connectivity index (χ2v) is 3.99. The average molecular weight is 243 g/mol. The van der Waals surface area contributed by atoms with Gasteiger partial charge >= 0.3 is 6.03 Å². The van der Waals surface area contributed by atoms with E-state index in [1.165, 1.54) is 7.05 Å². The van der Waals surface area contributed by atoms with Crippen molar-refractivity contribution in [3.05, 3.63) is 34.3 Å². The molecule has 1 atom stereocenters. The Kier molecular flexibility index (Phi) is 4.15. The van der Waals surface area contributed by atoms with Crippen molar-refractivity contribution < 1.29 is 10.0 Å². The van der Waals surface area contributed by atoms with Crippen LogP contribution in [-0.4, -0.2) is 23.3 Å². The zero-order valence-corrected chi connectivity index (χ0v) is 10.2. The lowest BCUT2D eigenvalue weighted by atomic mass is 10.1. The molecule has 88 valence electrons. The van der Waals surface area contributed by atoms with Crippen molar-refractivity contribution in [3.63, 3.8) is 0 Å². The van der Waals surface area contributed by atoms with Crippen LogP contribution >= 0.6 is 11.6 Å². The van der Waals surface area contributed by atoms with Gasteiger partial charge < -0.3 is 5.32 Å². The second kappa shape index (κ2) is 5.18. The number of hydrogen-bond acceptors (Lipinski definition) is 2. The van der Waals surface area contributed by atoms with Crippen molar-refractivity contribution in [1.29, 1.82) is 0 Å². The predicted octanol–water partition coefficient (Wildman–Crippen LogP) is 2.74. The highest BCUT2D eigenvalue weighted by Gasteiger charge is 2.18. The molecule has 0 aliphatic carbocycles. The van der Waals surface area contributed by atoms with Crippen LogP contribution in [0.1, 0.15) is 24.1 Å². The number of rotatable bonds is 2. The highest BCUT2D eigenvalue weighted by Crippen LogP contribution is 2.23. The average Bonchev–Trinajstić information content (AvgIpc) is 2.29. The zero-order valence-electron chi connectivity index (χ0n) is 9.49. The Morgan fingerprint density at radius 1 is 1.56 bits per heavy atom. The molecule has 1 rings (SSSR count). The van der Waals surface area contributed by atoms with E-state index < -0.39 is 12.1 Å². The summed E-state index contributed by atoms with van der Waals surface area (Å²) in [5.74, 6) is 0. The van der Waals surface area contributed by atoms with Crippen molar-refractivity contribution in [2.45, 2.75) is 19.9 Å². The lowest BCUT2D eigenvalue weighted by Crippen LogP contribution is -2.37. The molecular weight excluding hydrogens is 228 g/mol. The fourth-order valence-corrected chi connectivity index (χ4v) is 1.48. The summed E-state index contributed by atoms with van der Waals surface area (Å²) >= 11 is 5.90. The van der Waals surface area contributed by atoms with Gasteiger partial charge in [-0.25, -0.2) is 4.79 Å². The molecule has 0 aliphatic heterocycles. The van der Waals surface area contributed by atoms with E-state index in [2.05, 4.69) is 5.32 Å². The number of aryl methyl sites for hydroxylation is 1. The predicted molar refractivity (Wildman–Crippen MR) is 62.7 cm³/mol. The van der Waals surface area contributed by atoms with E-state index in [0.29, 0.717) is 10.1 Å². The first kappa shape index (κ1) is 12.8. The lowest BCUT2D eigenvalue weighted by molar-refractivity contribution is -0.0738. The molecule has 0 saturated carbocycles. The van der Waals surface area contributed by atoms with E-state index in [-0.39, 0.29) is 0 Å². The largest absolute Gasteiger partial charge is 0.341 e. The number of carbonyl (C=O) groups excluding carboxylic acids is 1. The Balaban J connectivity index is 2.91. The van der Waals surface area contributed by atoms with E-state index >= 15 is 0 Å². The first-order valence-electron chi connectivity index (χ1n) is 4.93. The molecule has 2 amide bonds. The maximum atomic E-state index is 11.2. The van der Waals surface area contributed by atoms with Gasteiger partial charge in [-0.15, -0.1) is 0 Å². The highest BCUT2D eigenvalue weighted by atomic mass is 35.5. The Morgan fingerprint density at radius 3 is 2.69 bits per heavy atom. The van der Waals surface area contributed by atoms with Crippen LogP contribution in [0.2, 0.25) is 5.02 Å². The number of benzene rings is 1. The van der Waals surface area contributed by atoms with E-state index in [0.717, 1.165) is 11.1 Å². The number of nitrogens with zero attached hydrogens (tertiary/aromatic N) is 1. The molecule has 0 fully saturated rings. The second-order valence-electron chi connectivity index (χ2n) is 3.58. The molecule has 4 nitrogen and oxygen atoms in total. The maximum Gasteiger partial charge on any atom is 0.341 e. The standard InChI is InChI=1S/C11H15ClN2O2/c1-7-6-9(4-5-10(7)12)8(2)14(16)11(15)13-3/h4-6,8,16H,1-3H3,(H,13,15). The lowest BCUT2D eigenvalue weighted by Gasteiger charge is -2.22. The van der Waals surface area contributed by atoms with Crippen molar-refractivity contribution in [3.8, 4) is 0 Å². The van der Waals surface area contributed by atoms with Crippen LogP contribution in [0, 0.1) is 6.92 Å². The van der Waals surface area contributed by atoms with Gasteiger partial charge in [0.15, 0.2) is 0 Å². The number of urea groups is 1. The van der Waals surface area contributed by atoms with Crippen LogP contribution < -0.4 is 5.32 Å². The normalized spacial score (nSPS) is 12.1. The zero-order chi connectivity index (χ0) is 12.3. The molecule has 0 aliphatic rings. The Bertz CT molecular complexity index is 396. The van der Waals surface area contributed by atoms with Crippen molar-refractivity contribution in [2.24, 2.45) is 0 Å². The minimum atomic E-state index is -0.542. The number of carbonyl (C=O) groups is 1. The maximum absolute atomic E-state index is 11.2. The first-order chi connectivity index (χ1) is 7.47. The van der Waals surface area contributed by atoms with Gasteiger partial charge in [0, 0.05) is 12.1 Å². The summed E-state index contributed by atoms with van der Waals surface area (Å²) in [6, 6.07) is 4.42. The molecule has 0 radical (unpaired) electrons. The van der Waals surface area contributed by atoms with Crippen molar-refractivity contribution in [2.75, 3.05) is 7.05 Å². The minimum absolute atomic E-state index is 0.420. The van der Waals surface area contributed by atoms with Gasteiger partial charge in [-0.05, 0) is 31.0 Å². The molecule has 0 spiro atoms. The van der Waals surface area contributed by atoms with Gasteiger partial charge in [0.25, 0.3) is 0 Å². The van der Waals surface area contributed by atoms with E-state index in [1.54, 1.807) is 19.1 Å². The van der Waals surface area contributed by atoms with Crippen LogP contribution in [0.5, 0.6) is 0 Å². The fourth-order valence-electron chi connectivity index (χ4n) is 1.36.